The average Bonchev–Trinajstić information content (AvgIpc) is 2.99. The van der Waals surface area contributed by atoms with Crippen LogP contribution in [0.3, 0.4) is 0 Å². The van der Waals surface area contributed by atoms with Crippen molar-refractivity contribution in [3.63, 3.8) is 0 Å². The largest absolute Gasteiger partial charge is 0.469 e. The fourth-order valence-corrected chi connectivity index (χ4v) is 5.58. The molecule has 0 saturated carbocycles. The van der Waals surface area contributed by atoms with E-state index in [0.29, 0.717) is 25.9 Å². The van der Waals surface area contributed by atoms with Crippen LogP contribution >= 0.6 is 0 Å². The highest BCUT2D eigenvalue weighted by Gasteiger charge is 2.41. The molecule has 12 heteroatoms. The van der Waals surface area contributed by atoms with E-state index in [-0.39, 0.29) is 94.6 Å². The van der Waals surface area contributed by atoms with Crippen LogP contribution in [0.1, 0.15) is 144 Å². The first-order valence-electron chi connectivity index (χ1n) is 16.5. The molecule has 54 heavy (non-hydrogen) atoms. The summed E-state index contributed by atoms with van der Waals surface area (Å²) >= 11 is 0. The summed E-state index contributed by atoms with van der Waals surface area (Å²) in [5.41, 5.74) is 1.63. The van der Waals surface area contributed by atoms with Crippen molar-refractivity contribution in [2.24, 2.45) is 16.7 Å². The molecule has 0 aliphatic rings. The lowest BCUT2D eigenvalue weighted by atomic mass is 9.71. The van der Waals surface area contributed by atoms with Crippen molar-refractivity contribution >= 4 is 24.0 Å². The molecule has 0 fully saturated rings. The SMILES string of the molecule is C.C.C.C.C.C.C.CCCCOC(=O)C(C)CC(C)(CC(CCC(C)(C)C(=O)OCC(O)COC(=O)N[N+](C)(C)CC(C)O)c1ccccc1)C(=O)OC. The number of benzene rings is 1. The molecule has 1 amide bonds. The van der Waals surface area contributed by atoms with Gasteiger partial charge < -0.3 is 29.2 Å². The molecule has 0 aliphatic carbocycles. The van der Waals surface area contributed by atoms with Crippen LogP contribution in [0, 0.1) is 16.7 Å². The van der Waals surface area contributed by atoms with E-state index in [9.17, 15) is 29.4 Å². The average molecular weight is 780 g/mol. The van der Waals surface area contributed by atoms with Gasteiger partial charge in [-0.05, 0) is 71.3 Å². The van der Waals surface area contributed by atoms with Gasteiger partial charge in [0.2, 0.25) is 0 Å². The Morgan fingerprint density at radius 2 is 1.35 bits per heavy atom. The molecular formula is C42H87N2O10+. The fraction of sp³-hybridized carbons (Fsp3) is 0.762. The molecule has 0 aromatic heterocycles. The minimum atomic E-state index is -1.23. The van der Waals surface area contributed by atoms with Gasteiger partial charge in [-0.1, -0.05) is 103 Å². The highest BCUT2D eigenvalue weighted by molar-refractivity contribution is 5.79. The number of unbranched alkanes of at least 4 members (excludes halogenated alkanes) is 1. The van der Waals surface area contributed by atoms with Crippen molar-refractivity contribution in [3.8, 4) is 0 Å². The van der Waals surface area contributed by atoms with E-state index in [1.165, 1.54) is 7.11 Å². The summed E-state index contributed by atoms with van der Waals surface area (Å²) in [6.45, 7) is 10.5. The lowest BCUT2D eigenvalue weighted by Crippen LogP contribution is -2.57. The number of aliphatic hydroxyl groups is 2. The zero-order valence-electron chi connectivity index (χ0n) is 29.9. The highest BCUT2D eigenvalue weighted by Crippen LogP contribution is 2.42. The van der Waals surface area contributed by atoms with Crippen molar-refractivity contribution in [1.82, 2.24) is 5.43 Å². The number of aliphatic hydroxyl groups excluding tert-OH is 2. The number of nitrogens with one attached hydrogen (secondary N) is 1. The number of carbonyl (C=O) groups excluding carboxylic acids is 4. The standard InChI is InChI=1S/C35H58N2O10.7CH4/c1-10-11-19-45-30(40)25(2)20-35(6,32(42)44-9)21-28(27-15-13-12-14-16-27)17-18-34(4,5)31(41)46-23-29(39)24-47-33(43)36-37(7,8)22-26(3)38;;;;;;;/h12-16,25-26,28-29,38-39H,10-11,17-24H2,1-9H3;7*1H4/p+1. The molecule has 0 heterocycles. The van der Waals surface area contributed by atoms with Crippen LogP contribution in [0.15, 0.2) is 30.3 Å². The minimum Gasteiger partial charge on any atom is -0.469 e. The van der Waals surface area contributed by atoms with Crippen LogP contribution < -0.4 is 5.43 Å². The van der Waals surface area contributed by atoms with Gasteiger partial charge in [0.1, 0.15) is 32.0 Å². The third-order valence-electron chi connectivity index (χ3n) is 8.15. The van der Waals surface area contributed by atoms with Gasteiger partial charge in [-0.2, -0.15) is 5.43 Å². The van der Waals surface area contributed by atoms with E-state index in [2.05, 4.69) is 5.43 Å². The third-order valence-corrected chi connectivity index (χ3v) is 8.15. The van der Waals surface area contributed by atoms with Gasteiger partial charge in [0.25, 0.3) is 0 Å². The second kappa shape index (κ2) is 31.0. The number of hydrogen-bond donors (Lipinski definition) is 3. The first-order valence-corrected chi connectivity index (χ1v) is 16.5. The predicted molar refractivity (Wildman–Crippen MR) is 224 cm³/mol. The molecule has 1 aromatic carbocycles. The van der Waals surface area contributed by atoms with E-state index in [4.69, 9.17) is 18.9 Å². The summed E-state index contributed by atoms with van der Waals surface area (Å²) in [6.07, 6.45) is 0.574. The zero-order valence-corrected chi connectivity index (χ0v) is 29.9. The van der Waals surface area contributed by atoms with Crippen LogP contribution in [0.25, 0.3) is 0 Å². The Hall–Kier alpha value is -3.22. The molecule has 0 saturated heterocycles. The van der Waals surface area contributed by atoms with Crippen molar-refractivity contribution in [2.45, 2.75) is 150 Å². The lowest BCUT2D eigenvalue weighted by molar-refractivity contribution is -0.928. The molecule has 0 bridgehead atoms. The molecule has 12 nitrogen and oxygen atoms in total. The topological polar surface area (TPSA) is 158 Å². The van der Waals surface area contributed by atoms with Gasteiger partial charge in [-0.15, -0.1) is 0 Å². The monoisotopic (exact) mass is 780 g/mol. The number of amides is 1. The Morgan fingerprint density at radius 3 is 1.85 bits per heavy atom. The number of rotatable bonds is 21. The Morgan fingerprint density at radius 1 is 0.815 bits per heavy atom. The smallest absolute Gasteiger partial charge is 0.451 e. The fourth-order valence-electron chi connectivity index (χ4n) is 5.58. The first kappa shape index (κ1) is 65.7. The summed E-state index contributed by atoms with van der Waals surface area (Å²) in [7, 11) is 4.70. The maximum atomic E-state index is 13.2. The Labute approximate surface area is 332 Å². The number of quaternary nitrogens is 1. The molecule has 5 unspecified atom stereocenters. The summed E-state index contributed by atoms with van der Waals surface area (Å²) in [4.78, 5) is 51.1. The van der Waals surface area contributed by atoms with E-state index in [1.54, 1.807) is 48.7 Å². The van der Waals surface area contributed by atoms with E-state index in [0.717, 1.165) is 18.4 Å². The van der Waals surface area contributed by atoms with Gasteiger partial charge >= 0.3 is 24.0 Å². The van der Waals surface area contributed by atoms with Crippen LogP contribution in [0.5, 0.6) is 0 Å². The Kier molecular flexibility index (Phi) is 37.7. The number of hydrogen-bond acceptors (Lipinski definition) is 10. The summed E-state index contributed by atoms with van der Waals surface area (Å²) in [6, 6.07) is 9.70. The van der Waals surface area contributed by atoms with Gasteiger partial charge in [-0.25, -0.2) is 9.39 Å². The quantitative estimate of drug-likeness (QED) is 0.0362. The van der Waals surface area contributed by atoms with Gasteiger partial charge in [0.15, 0.2) is 0 Å². The normalized spacial score (nSPS) is 13.7. The molecular weight excluding hydrogens is 692 g/mol. The number of nitrogens with zero attached hydrogens (tertiary/aromatic N) is 1. The number of carbonyl (C=O) groups is 4. The number of ether oxygens (including phenoxy) is 4. The van der Waals surface area contributed by atoms with Crippen molar-refractivity contribution in [2.75, 3.05) is 47.6 Å². The molecule has 0 spiro atoms. The molecule has 1 aromatic rings. The predicted octanol–water partition coefficient (Wildman–Crippen LogP) is 8.97. The summed E-state index contributed by atoms with van der Waals surface area (Å²) in [5.74, 6) is -1.96. The number of methoxy groups -OCH3 is 1. The van der Waals surface area contributed by atoms with Gasteiger partial charge in [-0.3, -0.25) is 14.4 Å². The van der Waals surface area contributed by atoms with Gasteiger partial charge in [0.05, 0.1) is 44.6 Å². The van der Waals surface area contributed by atoms with E-state index < -0.39 is 47.0 Å². The van der Waals surface area contributed by atoms with Crippen molar-refractivity contribution in [1.29, 1.82) is 0 Å². The molecule has 0 radical (unpaired) electrons. The Balaban J connectivity index is -0.000000631. The first-order chi connectivity index (χ1) is 21.9. The summed E-state index contributed by atoms with van der Waals surface area (Å²) in [5, 5.41) is 19.9. The van der Waals surface area contributed by atoms with Crippen molar-refractivity contribution < 1.29 is 52.9 Å². The molecule has 0 aliphatic heterocycles. The maximum Gasteiger partial charge on any atom is 0.451 e. The molecule has 3 N–H and O–H groups in total. The van der Waals surface area contributed by atoms with E-state index >= 15 is 0 Å². The van der Waals surface area contributed by atoms with Crippen LogP contribution in [0.4, 0.5) is 4.79 Å². The number of likely N-dealkylation sites (N-methyl/N-ethyl adjacent to an activating group) is 1. The van der Waals surface area contributed by atoms with Gasteiger partial charge in [0, 0.05) is 0 Å². The lowest BCUT2D eigenvalue weighted by Gasteiger charge is -2.34. The third kappa shape index (κ3) is 24.2. The highest BCUT2D eigenvalue weighted by atomic mass is 16.6. The van der Waals surface area contributed by atoms with Crippen LogP contribution in [0.2, 0.25) is 0 Å². The van der Waals surface area contributed by atoms with Crippen LogP contribution in [-0.4, -0.2) is 98.6 Å². The second-order valence-electron chi connectivity index (χ2n) is 14.1. The molecule has 5 atom stereocenters. The number of esters is 3. The van der Waals surface area contributed by atoms with Crippen LogP contribution in [-0.2, 0) is 33.3 Å². The summed E-state index contributed by atoms with van der Waals surface area (Å²) < 4.78 is 21.1. The molecule has 324 valence electrons. The zero-order chi connectivity index (χ0) is 35.8. The van der Waals surface area contributed by atoms with E-state index in [1.807, 2.05) is 37.3 Å². The molecule has 1 rings (SSSR count). The maximum absolute atomic E-state index is 13.2. The Bertz CT molecular complexity index is 1130. The second-order valence-corrected chi connectivity index (χ2v) is 14.1. The minimum absolute atomic E-state index is 0. The van der Waals surface area contributed by atoms with Crippen molar-refractivity contribution in [3.05, 3.63) is 35.9 Å².